The van der Waals surface area contributed by atoms with Gasteiger partial charge in [0.2, 0.25) is 5.91 Å². The largest absolute Gasteiger partial charge is 0.394 e. The smallest absolute Gasteiger partial charge is 0.223 e. The van der Waals surface area contributed by atoms with Gasteiger partial charge in [-0.2, -0.15) is 0 Å². The molecule has 2 saturated carbocycles. The minimum Gasteiger partial charge on any atom is -0.394 e. The van der Waals surface area contributed by atoms with E-state index in [1.807, 2.05) is 0 Å². The first kappa shape index (κ1) is 13.9. The van der Waals surface area contributed by atoms with Crippen molar-refractivity contribution < 1.29 is 9.90 Å². The summed E-state index contributed by atoms with van der Waals surface area (Å²) in [4.78, 5) is 12.1. The van der Waals surface area contributed by atoms with Gasteiger partial charge in [0.25, 0.3) is 0 Å². The van der Waals surface area contributed by atoms with Crippen LogP contribution in [0.25, 0.3) is 0 Å². The number of carbonyl (C=O) groups is 1. The fourth-order valence-corrected chi connectivity index (χ4v) is 3.06. The molecule has 18 heavy (non-hydrogen) atoms. The molecule has 0 bridgehead atoms. The van der Waals surface area contributed by atoms with Gasteiger partial charge in [-0.05, 0) is 49.9 Å². The quantitative estimate of drug-likeness (QED) is 0.812. The monoisotopic (exact) mass is 253 g/mol. The van der Waals surface area contributed by atoms with Crippen molar-refractivity contribution in [3.05, 3.63) is 0 Å². The van der Waals surface area contributed by atoms with Gasteiger partial charge in [0.1, 0.15) is 0 Å². The van der Waals surface area contributed by atoms with Crippen LogP contribution in [0.1, 0.15) is 59.3 Å². The Morgan fingerprint density at radius 3 is 2.17 bits per heavy atom. The zero-order chi connectivity index (χ0) is 13.4. The van der Waals surface area contributed by atoms with Gasteiger partial charge in [-0.15, -0.1) is 0 Å². The zero-order valence-corrected chi connectivity index (χ0v) is 12.0. The highest BCUT2D eigenvalue weighted by atomic mass is 16.3. The maximum Gasteiger partial charge on any atom is 0.223 e. The average Bonchev–Trinajstić information content (AvgIpc) is 3.08. The first-order chi connectivity index (χ1) is 8.36. The number of hydrogen-bond donors (Lipinski definition) is 2. The highest BCUT2D eigenvalue weighted by Crippen LogP contribution is 2.41. The van der Waals surface area contributed by atoms with E-state index in [0.717, 1.165) is 44.4 Å². The summed E-state index contributed by atoms with van der Waals surface area (Å²) in [6.45, 7) is 6.98. The number of aliphatic hydroxyl groups is 1. The summed E-state index contributed by atoms with van der Waals surface area (Å²) in [6.07, 6.45) is 6.21. The third-order valence-corrected chi connectivity index (χ3v) is 4.87. The van der Waals surface area contributed by atoms with E-state index >= 15 is 0 Å². The lowest BCUT2D eigenvalue weighted by Crippen LogP contribution is -2.44. The molecule has 1 amide bonds. The summed E-state index contributed by atoms with van der Waals surface area (Å²) in [5.74, 6) is 1.09. The summed E-state index contributed by atoms with van der Waals surface area (Å²) >= 11 is 0. The Balaban J connectivity index is 1.81. The minimum absolute atomic E-state index is 0.0933. The molecular formula is C15H27NO2. The summed E-state index contributed by atoms with van der Waals surface area (Å²) in [5.41, 5.74) is 0.113. The van der Waals surface area contributed by atoms with Crippen LogP contribution in [0.5, 0.6) is 0 Å². The third kappa shape index (κ3) is 3.05. The van der Waals surface area contributed by atoms with Gasteiger partial charge in [0, 0.05) is 5.92 Å². The molecule has 104 valence electrons. The molecular weight excluding hydrogens is 226 g/mol. The number of amides is 1. The molecule has 2 rings (SSSR count). The summed E-state index contributed by atoms with van der Waals surface area (Å²) in [7, 11) is 0. The molecule has 0 aliphatic heterocycles. The predicted octanol–water partition coefficient (Wildman–Crippen LogP) is 2.48. The first-order valence-corrected chi connectivity index (χ1v) is 7.29. The Morgan fingerprint density at radius 1 is 1.22 bits per heavy atom. The molecule has 2 N–H and O–H groups in total. The molecule has 0 saturated heterocycles. The van der Waals surface area contributed by atoms with E-state index in [1.165, 1.54) is 0 Å². The molecule has 0 aromatic carbocycles. The van der Waals surface area contributed by atoms with E-state index in [2.05, 4.69) is 26.1 Å². The molecule has 0 aromatic rings. The van der Waals surface area contributed by atoms with Crippen LogP contribution in [0.15, 0.2) is 0 Å². The van der Waals surface area contributed by atoms with Crippen molar-refractivity contribution in [1.29, 1.82) is 0 Å². The number of carbonyl (C=O) groups excluding carboxylic acids is 1. The van der Waals surface area contributed by atoms with E-state index in [-0.39, 0.29) is 24.0 Å². The van der Waals surface area contributed by atoms with Gasteiger partial charge in [0.15, 0.2) is 0 Å². The third-order valence-electron chi connectivity index (χ3n) is 4.87. The highest BCUT2D eigenvalue weighted by molar-refractivity contribution is 5.80. The summed E-state index contributed by atoms with van der Waals surface area (Å²) in [6, 6.07) is 0. The second-order valence-electron chi connectivity index (χ2n) is 7.34. The van der Waals surface area contributed by atoms with Crippen LogP contribution in [-0.4, -0.2) is 23.2 Å². The van der Waals surface area contributed by atoms with Crippen molar-refractivity contribution in [2.45, 2.75) is 64.8 Å². The average molecular weight is 253 g/mol. The van der Waals surface area contributed by atoms with E-state index < -0.39 is 0 Å². The van der Waals surface area contributed by atoms with Crippen molar-refractivity contribution in [2.24, 2.45) is 17.3 Å². The SMILES string of the molecule is CC(C)(C)C1CCC(C(=O)NC2(CO)CC2)CC1. The molecule has 0 aromatic heterocycles. The Labute approximate surface area is 110 Å². The van der Waals surface area contributed by atoms with Crippen LogP contribution in [0.4, 0.5) is 0 Å². The standard InChI is InChI=1S/C15H27NO2/c1-14(2,3)12-6-4-11(5-7-12)13(18)16-15(10-17)8-9-15/h11-12,17H,4-10H2,1-3H3,(H,16,18). The van der Waals surface area contributed by atoms with Crippen LogP contribution in [0, 0.1) is 17.3 Å². The molecule has 0 unspecified atom stereocenters. The zero-order valence-electron chi connectivity index (χ0n) is 12.0. The molecule has 0 spiro atoms. The Bertz CT molecular complexity index is 307. The highest BCUT2D eigenvalue weighted by Gasteiger charge is 2.44. The Kier molecular flexibility index (Phi) is 3.72. The molecule has 0 atom stereocenters. The molecule has 0 radical (unpaired) electrons. The van der Waals surface area contributed by atoms with E-state index in [4.69, 9.17) is 0 Å². The van der Waals surface area contributed by atoms with E-state index in [1.54, 1.807) is 0 Å². The molecule has 2 aliphatic rings. The number of rotatable bonds is 3. The second-order valence-corrected chi connectivity index (χ2v) is 7.34. The number of aliphatic hydroxyl groups excluding tert-OH is 1. The van der Waals surface area contributed by atoms with Crippen LogP contribution >= 0.6 is 0 Å². The molecule has 0 heterocycles. The van der Waals surface area contributed by atoms with Gasteiger partial charge in [-0.1, -0.05) is 20.8 Å². The Morgan fingerprint density at radius 2 is 1.78 bits per heavy atom. The van der Waals surface area contributed by atoms with Crippen molar-refractivity contribution in [1.82, 2.24) is 5.32 Å². The van der Waals surface area contributed by atoms with Gasteiger partial charge < -0.3 is 10.4 Å². The first-order valence-electron chi connectivity index (χ1n) is 7.29. The van der Waals surface area contributed by atoms with Gasteiger partial charge in [0.05, 0.1) is 12.1 Å². The van der Waals surface area contributed by atoms with Crippen LogP contribution in [-0.2, 0) is 4.79 Å². The van der Waals surface area contributed by atoms with Gasteiger partial charge in [-0.3, -0.25) is 4.79 Å². The normalized spacial score (nSPS) is 30.9. The van der Waals surface area contributed by atoms with E-state index in [0.29, 0.717) is 5.41 Å². The molecule has 2 aliphatic carbocycles. The van der Waals surface area contributed by atoms with Crippen molar-refractivity contribution in [2.75, 3.05) is 6.61 Å². The van der Waals surface area contributed by atoms with Gasteiger partial charge in [-0.25, -0.2) is 0 Å². The fourth-order valence-electron chi connectivity index (χ4n) is 3.06. The number of hydrogen-bond acceptors (Lipinski definition) is 2. The van der Waals surface area contributed by atoms with Crippen molar-refractivity contribution in [3.63, 3.8) is 0 Å². The maximum absolute atomic E-state index is 12.1. The van der Waals surface area contributed by atoms with Crippen molar-refractivity contribution >= 4 is 5.91 Å². The number of nitrogens with one attached hydrogen (secondary N) is 1. The summed E-state index contributed by atoms with van der Waals surface area (Å²) in [5, 5.41) is 12.3. The molecule has 2 fully saturated rings. The lowest BCUT2D eigenvalue weighted by atomic mass is 9.69. The van der Waals surface area contributed by atoms with Crippen LogP contribution < -0.4 is 5.32 Å². The fraction of sp³-hybridized carbons (Fsp3) is 0.933. The predicted molar refractivity (Wildman–Crippen MR) is 72.1 cm³/mol. The molecule has 3 nitrogen and oxygen atoms in total. The van der Waals surface area contributed by atoms with Crippen LogP contribution in [0.3, 0.4) is 0 Å². The van der Waals surface area contributed by atoms with Gasteiger partial charge >= 0.3 is 0 Å². The summed E-state index contributed by atoms with van der Waals surface area (Å²) < 4.78 is 0. The maximum atomic E-state index is 12.1. The lowest BCUT2D eigenvalue weighted by molar-refractivity contribution is -0.127. The van der Waals surface area contributed by atoms with Crippen molar-refractivity contribution in [3.8, 4) is 0 Å². The van der Waals surface area contributed by atoms with Crippen LogP contribution in [0.2, 0.25) is 0 Å². The van der Waals surface area contributed by atoms with E-state index in [9.17, 15) is 9.90 Å². The molecule has 3 heteroatoms. The topological polar surface area (TPSA) is 49.3 Å². The lowest BCUT2D eigenvalue weighted by Gasteiger charge is -2.36. The minimum atomic E-state index is -0.252. The Hall–Kier alpha value is -0.570. The second kappa shape index (κ2) is 4.84.